The predicted octanol–water partition coefficient (Wildman–Crippen LogP) is 4.24. The minimum atomic E-state index is -0.800. The summed E-state index contributed by atoms with van der Waals surface area (Å²) in [4.78, 5) is 11.5. The highest BCUT2D eigenvalue weighted by Crippen LogP contribution is 2.30. The van der Waals surface area contributed by atoms with Gasteiger partial charge in [0.2, 0.25) is 0 Å². The summed E-state index contributed by atoms with van der Waals surface area (Å²) in [7, 11) is 0. The summed E-state index contributed by atoms with van der Waals surface area (Å²) >= 11 is 0. The first-order chi connectivity index (χ1) is 13.7. The molecule has 0 aromatic carbocycles. The Morgan fingerprint density at radius 3 is 2.32 bits per heavy atom. The molecule has 1 aliphatic rings. The molecule has 0 unspecified atom stereocenters. The Kier molecular flexibility index (Phi) is 14.5. The number of aliphatic hydroxyl groups excluding tert-OH is 2. The van der Waals surface area contributed by atoms with Crippen LogP contribution in [0.4, 0.5) is 0 Å². The second-order valence-electron chi connectivity index (χ2n) is 7.20. The Hall–Kier alpha value is -1.43. The first-order valence-corrected chi connectivity index (χ1v) is 10.7. The molecule has 0 saturated carbocycles. The maximum Gasteiger partial charge on any atom is 0.306 e. The number of esters is 1. The predicted molar refractivity (Wildman–Crippen MR) is 112 cm³/mol. The minimum absolute atomic E-state index is 0.297. The summed E-state index contributed by atoms with van der Waals surface area (Å²) in [5.41, 5.74) is 0. The molecule has 1 rings (SSSR count). The number of ether oxygens (including phenoxy) is 2. The van der Waals surface area contributed by atoms with Gasteiger partial charge in [-0.1, -0.05) is 62.6 Å². The summed E-state index contributed by atoms with van der Waals surface area (Å²) in [5, 5.41) is 17.7. The molecule has 0 amide bonds. The van der Waals surface area contributed by atoms with Gasteiger partial charge in [0.25, 0.3) is 0 Å². The zero-order valence-corrected chi connectivity index (χ0v) is 17.3. The number of hydrogen-bond donors (Lipinski definition) is 2. The Labute approximate surface area is 170 Å². The van der Waals surface area contributed by atoms with Crippen LogP contribution in [0.3, 0.4) is 0 Å². The van der Waals surface area contributed by atoms with E-state index in [9.17, 15) is 4.79 Å². The van der Waals surface area contributed by atoms with E-state index in [0.29, 0.717) is 25.0 Å². The summed E-state index contributed by atoms with van der Waals surface area (Å²) < 4.78 is 10.6. The van der Waals surface area contributed by atoms with E-state index < -0.39 is 6.10 Å². The van der Waals surface area contributed by atoms with Crippen LogP contribution in [0.25, 0.3) is 0 Å². The number of epoxide rings is 1. The molecule has 0 bridgehead atoms. The molecular weight excluding hydrogens is 356 g/mol. The lowest BCUT2D eigenvalue weighted by Crippen LogP contribution is -2.25. The van der Waals surface area contributed by atoms with E-state index >= 15 is 0 Å². The van der Waals surface area contributed by atoms with Crippen molar-refractivity contribution in [3.8, 4) is 0 Å². The fraction of sp³-hybridized carbons (Fsp3) is 0.696. The largest absolute Gasteiger partial charge is 0.457 e. The standard InChI is InChI=1S/C23H38O5/c1-2-3-12-15-21-22(28-21)16-13-10-8-6-4-5-7-9-11-14-17-23(26)27-20(18-24)19-25/h4,6-7,9-10,13,20-22,24-25H,2-3,5,8,11-12,14-19H2,1H3/b6-4-,9-7-,13-10-/t21-,22-/m1/s1. The van der Waals surface area contributed by atoms with Crippen molar-refractivity contribution in [3.05, 3.63) is 36.5 Å². The first kappa shape index (κ1) is 24.6. The van der Waals surface area contributed by atoms with Crippen LogP contribution in [0.15, 0.2) is 36.5 Å². The fourth-order valence-corrected chi connectivity index (χ4v) is 2.87. The van der Waals surface area contributed by atoms with Gasteiger partial charge in [-0.15, -0.1) is 0 Å². The smallest absolute Gasteiger partial charge is 0.306 e. The molecule has 0 spiro atoms. The fourth-order valence-electron chi connectivity index (χ4n) is 2.87. The van der Waals surface area contributed by atoms with Gasteiger partial charge in [0.05, 0.1) is 25.4 Å². The Balaban J connectivity index is 1.93. The van der Waals surface area contributed by atoms with Crippen LogP contribution < -0.4 is 0 Å². The van der Waals surface area contributed by atoms with Crippen molar-refractivity contribution >= 4 is 5.97 Å². The molecule has 2 N–H and O–H groups in total. The molecule has 1 saturated heterocycles. The van der Waals surface area contributed by atoms with E-state index in [-0.39, 0.29) is 19.2 Å². The lowest BCUT2D eigenvalue weighted by molar-refractivity contribution is -0.153. The molecule has 0 aromatic heterocycles. The summed E-state index contributed by atoms with van der Waals surface area (Å²) in [5.74, 6) is -0.378. The Morgan fingerprint density at radius 2 is 1.64 bits per heavy atom. The van der Waals surface area contributed by atoms with Gasteiger partial charge in [-0.25, -0.2) is 0 Å². The van der Waals surface area contributed by atoms with E-state index in [0.717, 1.165) is 25.7 Å². The number of aliphatic hydroxyl groups is 2. The third-order valence-electron chi connectivity index (χ3n) is 4.65. The van der Waals surface area contributed by atoms with Crippen LogP contribution in [-0.4, -0.2) is 47.7 Å². The van der Waals surface area contributed by atoms with Crippen molar-refractivity contribution in [1.82, 2.24) is 0 Å². The average Bonchev–Trinajstić information content (AvgIpc) is 3.45. The van der Waals surface area contributed by atoms with Crippen LogP contribution in [-0.2, 0) is 14.3 Å². The third kappa shape index (κ3) is 12.9. The summed E-state index contributed by atoms with van der Waals surface area (Å²) in [6.07, 6.45) is 22.8. The van der Waals surface area contributed by atoms with Gasteiger partial charge < -0.3 is 19.7 Å². The minimum Gasteiger partial charge on any atom is -0.457 e. The van der Waals surface area contributed by atoms with Crippen molar-refractivity contribution in [2.75, 3.05) is 13.2 Å². The van der Waals surface area contributed by atoms with Crippen molar-refractivity contribution in [2.24, 2.45) is 0 Å². The Morgan fingerprint density at radius 1 is 0.964 bits per heavy atom. The van der Waals surface area contributed by atoms with Crippen LogP contribution in [0, 0.1) is 0 Å². The number of allylic oxidation sites excluding steroid dienone is 5. The van der Waals surface area contributed by atoms with Gasteiger partial charge in [-0.05, 0) is 38.5 Å². The van der Waals surface area contributed by atoms with E-state index in [1.165, 1.54) is 25.7 Å². The lowest BCUT2D eigenvalue weighted by Gasteiger charge is -2.11. The second kappa shape index (κ2) is 16.5. The molecular formula is C23H38O5. The van der Waals surface area contributed by atoms with Crippen LogP contribution in [0.5, 0.6) is 0 Å². The van der Waals surface area contributed by atoms with Gasteiger partial charge in [-0.3, -0.25) is 4.79 Å². The monoisotopic (exact) mass is 394 g/mol. The lowest BCUT2D eigenvalue weighted by atomic mass is 10.1. The zero-order chi connectivity index (χ0) is 20.5. The number of carbonyl (C=O) groups excluding carboxylic acids is 1. The molecule has 1 heterocycles. The molecule has 0 aliphatic carbocycles. The quantitative estimate of drug-likeness (QED) is 0.167. The molecule has 0 aromatic rings. The first-order valence-electron chi connectivity index (χ1n) is 10.7. The van der Waals surface area contributed by atoms with E-state index in [1.54, 1.807) is 0 Å². The van der Waals surface area contributed by atoms with Gasteiger partial charge >= 0.3 is 5.97 Å². The van der Waals surface area contributed by atoms with E-state index in [2.05, 4.69) is 43.4 Å². The molecule has 1 fully saturated rings. The molecule has 28 heavy (non-hydrogen) atoms. The highest BCUT2D eigenvalue weighted by molar-refractivity contribution is 5.69. The maximum atomic E-state index is 11.5. The number of hydrogen-bond acceptors (Lipinski definition) is 5. The molecule has 160 valence electrons. The van der Waals surface area contributed by atoms with Crippen molar-refractivity contribution in [2.45, 2.75) is 89.4 Å². The highest BCUT2D eigenvalue weighted by atomic mass is 16.6. The molecule has 5 nitrogen and oxygen atoms in total. The SMILES string of the molecule is CCCCC[C@H]1O[C@@H]1C/C=C\C/C=C\C/C=C\CCCC(=O)OC(CO)CO. The average molecular weight is 395 g/mol. The third-order valence-corrected chi connectivity index (χ3v) is 4.65. The zero-order valence-electron chi connectivity index (χ0n) is 17.3. The molecule has 1 aliphatic heterocycles. The van der Waals surface area contributed by atoms with Gasteiger partial charge in [0.1, 0.15) is 6.10 Å². The van der Waals surface area contributed by atoms with Gasteiger partial charge in [0.15, 0.2) is 0 Å². The van der Waals surface area contributed by atoms with Crippen molar-refractivity contribution < 1.29 is 24.5 Å². The Bertz CT molecular complexity index is 479. The molecule has 2 atom stereocenters. The van der Waals surface area contributed by atoms with Crippen LogP contribution in [0.1, 0.15) is 71.1 Å². The highest BCUT2D eigenvalue weighted by Gasteiger charge is 2.36. The maximum absolute atomic E-state index is 11.5. The molecule has 0 radical (unpaired) electrons. The van der Waals surface area contributed by atoms with Gasteiger partial charge in [-0.2, -0.15) is 0 Å². The summed E-state index contributed by atoms with van der Waals surface area (Å²) in [6.45, 7) is 1.53. The van der Waals surface area contributed by atoms with E-state index in [1.807, 2.05) is 0 Å². The second-order valence-corrected chi connectivity index (χ2v) is 7.20. The summed E-state index contributed by atoms with van der Waals surface area (Å²) in [6, 6.07) is 0. The van der Waals surface area contributed by atoms with Crippen molar-refractivity contribution in [3.63, 3.8) is 0 Å². The van der Waals surface area contributed by atoms with Crippen LogP contribution >= 0.6 is 0 Å². The number of rotatable bonds is 17. The van der Waals surface area contributed by atoms with Gasteiger partial charge in [0, 0.05) is 6.42 Å². The normalized spacial score (nSPS) is 19.4. The number of carbonyl (C=O) groups is 1. The topological polar surface area (TPSA) is 79.3 Å². The molecule has 5 heteroatoms. The van der Waals surface area contributed by atoms with E-state index in [4.69, 9.17) is 19.7 Å². The number of unbranched alkanes of at least 4 members (excludes halogenated alkanes) is 3. The van der Waals surface area contributed by atoms with Crippen molar-refractivity contribution in [1.29, 1.82) is 0 Å². The van der Waals surface area contributed by atoms with Crippen LogP contribution in [0.2, 0.25) is 0 Å².